The lowest BCUT2D eigenvalue weighted by molar-refractivity contribution is -0.394. The fourth-order valence-electron chi connectivity index (χ4n) is 1.69. The van der Waals surface area contributed by atoms with Crippen molar-refractivity contribution in [3.63, 3.8) is 0 Å². The summed E-state index contributed by atoms with van der Waals surface area (Å²) in [6.45, 7) is 0. The molecule has 0 heterocycles. The first-order valence-electron chi connectivity index (χ1n) is 5.52. The van der Waals surface area contributed by atoms with E-state index in [0.717, 1.165) is 18.2 Å². The second kappa shape index (κ2) is 5.27. The van der Waals surface area contributed by atoms with E-state index < -0.39 is 27.0 Å². The third kappa shape index (κ3) is 2.66. The number of hydrogen-bond donors (Lipinski definition) is 0. The molecule has 0 aliphatic rings. The molecule has 0 N–H and O–H groups in total. The molecule has 7 heteroatoms. The summed E-state index contributed by atoms with van der Waals surface area (Å²) in [5, 5.41) is 21.5. The third-order valence-corrected chi connectivity index (χ3v) is 2.62. The van der Waals surface area contributed by atoms with Crippen LogP contribution in [-0.4, -0.2) is 15.6 Å². The molecule has 2 aromatic rings. The molecule has 0 spiro atoms. The van der Waals surface area contributed by atoms with Gasteiger partial charge in [-0.15, -0.1) is 0 Å². The number of non-ortho nitro benzene ring substituents is 2. The SMILES string of the molecule is O=C(c1ccccc1)c1cc([N+](=O)[O-])cc([N+](=O)[O-])c1. The molecule has 0 aliphatic heterocycles. The van der Waals surface area contributed by atoms with Crippen molar-refractivity contribution in [2.24, 2.45) is 0 Å². The fraction of sp³-hybridized carbons (Fsp3) is 0. The Kier molecular flexibility index (Phi) is 3.52. The average molecular weight is 272 g/mol. The van der Waals surface area contributed by atoms with Crippen LogP contribution < -0.4 is 0 Å². The van der Waals surface area contributed by atoms with Gasteiger partial charge in [0, 0.05) is 23.3 Å². The van der Waals surface area contributed by atoms with Crippen LogP contribution in [0, 0.1) is 20.2 Å². The molecule has 7 nitrogen and oxygen atoms in total. The number of benzene rings is 2. The van der Waals surface area contributed by atoms with Gasteiger partial charge in [-0.1, -0.05) is 30.3 Å². The number of carbonyl (C=O) groups is 1. The number of hydrogen-bond acceptors (Lipinski definition) is 5. The zero-order chi connectivity index (χ0) is 14.7. The van der Waals surface area contributed by atoms with E-state index >= 15 is 0 Å². The van der Waals surface area contributed by atoms with E-state index in [1.807, 2.05) is 0 Å². The lowest BCUT2D eigenvalue weighted by atomic mass is 10.0. The van der Waals surface area contributed by atoms with Crippen LogP contribution in [0.4, 0.5) is 11.4 Å². The summed E-state index contributed by atoms with van der Waals surface area (Å²) >= 11 is 0. The summed E-state index contributed by atoms with van der Waals surface area (Å²) in [7, 11) is 0. The number of rotatable bonds is 4. The molecule has 2 aromatic carbocycles. The highest BCUT2D eigenvalue weighted by Gasteiger charge is 2.20. The van der Waals surface area contributed by atoms with Crippen LogP contribution in [0.25, 0.3) is 0 Å². The minimum absolute atomic E-state index is 0.0860. The molecular formula is C13H8N2O5. The van der Waals surface area contributed by atoms with Crippen molar-refractivity contribution in [3.05, 3.63) is 79.9 Å². The maximum atomic E-state index is 12.2. The summed E-state index contributed by atoms with van der Waals surface area (Å²) in [4.78, 5) is 32.1. The summed E-state index contributed by atoms with van der Waals surface area (Å²) < 4.78 is 0. The molecule has 0 amide bonds. The molecule has 0 saturated carbocycles. The second-order valence-electron chi connectivity index (χ2n) is 3.95. The lowest BCUT2D eigenvalue weighted by Gasteiger charge is -2.01. The molecule has 0 aliphatic carbocycles. The van der Waals surface area contributed by atoms with E-state index in [-0.39, 0.29) is 5.56 Å². The summed E-state index contributed by atoms with van der Waals surface area (Å²) in [6, 6.07) is 10.9. The van der Waals surface area contributed by atoms with Crippen LogP contribution in [0.3, 0.4) is 0 Å². The maximum Gasteiger partial charge on any atom is 0.277 e. The van der Waals surface area contributed by atoms with Crippen molar-refractivity contribution < 1.29 is 14.6 Å². The molecule has 0 unspecified atom stereocenters. The monoisotopic (exact) mass is 272 g/mol. The van der Waals surface area contributed by atoms with Crippen molar-refractivity contribution in [2.45, 2.75) is 0 Å². The summed E-state index contributed by atoms with van der Waals surface area (Å²) in [5.74, 6) is -0.502. The van der Waals surface area contributed by atoms with Crippen molar-refractivity contribution >= 4 is 17.2 Å². The highest BCUT2D eigenvalue weighted by molar-refractivity contribution is 6.09. The van der Waals surface area contributed by atoms with Gasteiger partial charge in [0.2, 0.25) is 0 Å². The number of nitro benzene ring substituents is 2. The fourth-order valence-corrected chi connectivity index (χ4v) is 1.69. The highest BCUT2D eigenvalue weighted by atomic mass is 16.6. The summed E-state index contributed by atoms with van der Waals surface area (Å²) in [6.07, 6.45) is 0. The topological polar surface area (TPSA) is 103 Å². The molecule has 0 atom stereocenters. The second-order valence-corrected chi connectivity index (χ2v) is 3.95. The van der Waals surface area contributed by atoms with Gasteiger partial charge < -0.3 is 0 Å². The quantitative estimate of drug-likeness (QED) is 0.483. The van der Waals surface area contributed by atoms with E-state index in [1.54, 1.807) is 18.2 Å². The minimum atomic E-state index is -0.769. The maximum absolute atomic E-state index is 12.2. The number of nitro groups is 2. The molecule has 0 radical (unpaired) electrons. The zero-order valence-electron chi connectivity index (χ0n) is 10.1. The van der Waals surface area contributed by atoms with Gasteiger partial charge in [0.25, 0.3) is 11.4 Å². The molecule has 100 valence electrons. The number of ketones is 1. The van der Waals surface area contributed by atoms with E-state index in [2.05, 4.69) is 0 Å². The van der Waals surface area contributed by atoms with Gasteiger partial charge in [-0.05, 0) is 0 Å². The largest absolute Gasteiger partial charge is 0.289 e. The van der Waals surface area contributed by atoms with Crippen LogP contribution in [0.5, 0.6) is 0 Å². The molecule has 0 aromatic heterocycles. The lowest BCUT2D eigenvalue weighted by Crippen LogP contribution is -2.03. The predicted octanol–water partition coefficient (Wildman–Crippen LogP) is 2.73. The van der Waals surface area contributed by atoms with Gasteiger partial charge in [0.1, 0.15) is 0 Å². The van der Waals surface area contributed by atoms with Gasteiger partial charge in [-0.3, -0.25) is 25.0 Å². The Morgan fingerprint density at radius 1 is 0.800 bits per heavy atom. The van der Waals surface area contributed by atoms with Crippen molar-refractivity contribution in [2.75, 3.05) is 0 Å². The Labute approximate surface area is 112 Å². The Morgan fingerprint density at radius 3 is 1.75 bits per heavy atom. The minimum Gasteiger partial charge on any atom is -0.289 e. The molecule has 0 saturated heterocycles. The van der Waals surface area contributed by atoms with Crippen LogP contribution in [-0.2, 0) is 0 Å². The van der Waals surface area contributed by atoms with Gasteiger partial charge >= 0.3 is 0 Å². The first kappa shape index (κ1) is 13.3. The van der Waals surface area contributed by atoms with Crippen LogP contribution in [0.1, 0.15) is 15.9 Å². The Morgan fingerprint density at radius 2 is 1.30 bits per heavy atom. The Hall–Kier alpha value is -3.09. The van der Waals surface area contributed by atoms with Crippen molar-refractivity contribution in [3.8, 4) is 0 Å². The third-order valence-electron chi connectivity index (χ3n) is 2.62. The molecule has 2 rings (SSSR count). The van der Waals surface area contributed by atoms with Crippen LogP contribution >= 0.6 is 0 Å². The van der Waals surface area contributed by atoms with Gasteiger partial charge in [0.15, 0.2) is 5.78 Å². The predicted molar refractivity (Wildman–Crippen MR) is 69.6 cm³/mol. The van der Waals surface area contributed by atoms with Crippen LogP contribution in [0.15, 0.2) is 48.5 Å². The zero-order valence-corrected chi connectivity index (χ0v) is 10.1. The van der Waals surface area contributed by atoms with E-state index in [0.29, 0.717) is 5.56 Å². The van der Waals surface area contributed by atoms with Gasteiger partial charge in [-0.2, -0.15) is 0 Å². The normalized spacial score (nSPS) is 10.0. The number of nitrogens with zero attached hydrogens (tertiary/aromatic N) is 2. The molecule has 0 bridgehead atoms. The van der Waals surface area contributed by atoms with Crippen LogP contribution in [0.2, 0.25) is 0 Å². The molecule has 20 heavy (non-hydrogen) atoms. The Bertz CT molecular complexity index is 665. The number of carbonyl (C=O) groups excluding carboxylic acids is 1. The summed E-state index contributed by atoms with van der Waals surface area (Å²) in [5.41, 5.74) is -0.753. The Balaban J connectivity index is 2.53. The highest BCUT2D eigenvalue weighted by Crippen LogP contribution is 2.24. The van der Waals surface area contributed by atoms with E-state index in [4.69, 9.17) is 0 Å². The first-order chi connectivity index (χ1) is 9.49. The van der Waals surface area contributed by atoms with Gasteiger partial charge in [-0.25, -0.2) is 0 Å². The average Bonchev–Trinajstić information content (AvgIpc) is 2.46. The van der Waals surface area contributed by atoms with Crippen molar-refractivity contribution in [1.82, 2.24) is 0 Å². The van der Waals surface area contributed by atoms with Gasteiger partial charge in [0.05, 0.1) is 15.9 Å². The molecular weight excluding hydrogens is 264 g/mol. The van der Waals surface area contributed by atoms with E-state index in [1.165, 1.54) is 12.1 Å². The van der Waals surface area contributed by atoms with Crippen molar-refractivity contribution in [1.29, 1.82) is 0 Å². The standard InChI is InChI=1S/C13H8N2O5/c16-13(9-4-2-1-3-5-9)10-6-11(14(17)18)8-12(7-10)15(19)20/h1-8H. The smallest absolute Gasteiger partial charge is 0.277 e. The first-order valence-corrected chi connectivity index (χ1v) is 5.52. The van der Waals surface area contributed by atoms with E-state index in [9.17, 15) is 25.0 Å². The molecule has 0 fully saturated rings.